The number of fused-ring (bicyclic) bond motifs is 2. The van der Waals surface area contributed by atoms with E-state index in [4.69, 9.17) is 14.8 Å². The molecule has 3 aliphatic heterocycles. The van der Waals surface area contributed by atoms with Crippen LogP contribution >= 0.6 is 0 Å². The van der Waals surface area contributed by atoms with Crippen LogP contribution in [0.4, 0.5) is 0 Å². The lowest BCUT2D eigenvalue weighted by Gasteiger charge is -2.14. The molecule has 9 nitrogen and oxygen atoms in total. The lowest BCUT2D eigenvalue weighted by Crippen LogP contribution is -2.33. The molecule has 148 valence electrons. The maximum Gasteiger partial charge on any atom is 0.285 e. The van der Waals surface area contributed by atoms with Gasteiger partial charge in [0.15, 0.2) is 0 Å². The number of carbonyl (C=O) groups excluding carboxylic acids is 4. The molecule has 9 heteroatoms. The number of ether oxygens (including phenoxy) is 1. The van der Waals surface area contributed by atoms with E-state index in [1.54, 1.807) is 36.4 Å². The van der Waals surface area contributed by atoms with Crippen LogP contribution < -0.4 is 0 Å². The molecule has 0 unspecified atom stereocenters. The highest BCUT2D eigenvalue weighted by atomic mass is 16.7. The van der Waals surface area contributed by atoms with Crippen molar-refractivity contribution in [1.29, 1.82) is 0 Å². The molecule has 0 radical (unpaired) electrons. The lowest BCUT2D eigenvalue weighted by atomic mass is 10.1. The van der Waals surface area contributed by atoms with E-state index in [2.05, 4.69) is 0 Å². The second-order valence-corrected chi connectivity index (χ2v) is 6.93. The Hall–Kier alpha value is -3.40. The Morgan fingerprint density at radius 3 is 1.62 bits per heavy atom. The van der Waals surface area contributed by atoms with Crippen LogP contribution in [0, 0.1) is 0 Å². The number of hydroxylamine groups is 4. The topological polar surface area (TPSA) is 117 Å². The molecule has 3 heterocycles. The van der Waals surface area contributed by atoms with Gasteiger partial charge in [0.1, 0.15) is 12.2 Å². The van der Waals surface area contributed by atoms with Crippen LogP contribution in [0.2, 0.25) is 0 Å². The van der Waals surface area contributed by atoms with Crippen LogP contribution in [0.1, 0.15) is 48.4 Å². The Morgan fingerprint density at radius 2 is 1.24 bits per heavy atom. The summed E-state index contributed by atoms with van der Waals surface area (Å²) in [5, 5.41) is 9.87. The predicted molar refractivity (Wildman–Crippen MR) is 96.0 cm³/mol. The molecular weight excluding hydrogens is 380 g/mol. The second-order valence-electron chi connectivity index (χ2n) is 6.93. The molecule has 0 spiro atoms. The van der Waals surface area contributed by atoms with Crippen LogP contribution in [-0.2, 0) is 9.57 Å². The van der Waals surface area contributed by atoms with Gasteiger partial charge in [0.05, 0.1) is 28.9 Å². The molecule has 0 aromatic heterocycles. The second kappa shape index (κ2) is 6.89. The van der Waals surface area contributed by atoms with Gasteiger partial charge in [-0.1, -0.05) is 24.3 Å². The van der Waals surface area contributed by atoms with Crippen molar-refractivity contribution in [2.45, 2.75) is 12.5 Å². The van der Waals surface area contributed by atoms with Crippen LogP contribution in [-0.4, -0.2) is 57.8 Å². The number of carbonyl (C=O) groups is 4. The molecule has 0 aliphatic carbocycles. The summed E-state index contributed by atoms with van der Waals surface area (Å²) in [6, 6.07) is 13.0. The van der Waals surface area contributed by atoms with Crippen molar-refractivity contribution in [3.8, 4) is 0 Å². The Balaban J connectivity index is 0.000000150. The molecule has 5 rings (SSSR count). The summed E-state index contributed by atoms with van der Waals surface area (Å²) in [5.74, 6) is -2.13. The average molecular weight is 396 g/mol. The van der Waals surface area contributed by atoms with Gasteiger partial charge in [-0.3, -0.25) is 29.2 Å². The fourth-order valence-electron chi connectivity index (χ4n) is 2.87. The average Bonchev–Trinajstić information content (AvgIpc) is 3.38. The van der Waals surface area contributed by atoms with Crippen molar-refractivity contribution in [1.82, 2.24) is 10.1 Å². The SMILES string of the molecule is C[C@@]1(CON2C(=O)c3ccccc3C2=O)CO1.O=C1c2ccccc2C(=O)N1O. The van der Waals surface area contributed by atoms with E-state index in [1.807, 2.05) is 6.92 Å². The van der Waals surface area contributed by atoms with E-state index < -0.39 is 23.6 Å². The van der Waals surface area contributed by atoms with E-state index in [0.717, 1.165) is 5.06 Å². The Labute approximate surface area is 164 Å². The predicted octanol–water partition coefficient (Wildman–Crippen LogP) is 1.67. The third kappa shape index (κ3) is 3.31. The monoisotopic (exact) mass is 396 g/mol. The quantitative estimate of drug-likeness (QED) is 0.476. The molecule has 1 saturated heterocycles. The number of nitrogens with zero attached hydrogens (tertiary/aromatic N) is 2. The molecule has 1 N–H and O–H groups in total. The van der Waals surface area contributed by atoms with E-state index >= 15 is 0 Å². The first-order valence-electron chi connectivity index (χ1n) is 8.74. The van der Waals surface area contributed by atoms with E-state index in [1.165, 1.54) is 12.1 Å². The van der Waals surface area contributed by atoms with Crippen LogP contribution in [0.5, 0.6) is 0 Å². The minimum absolute atomic E-state index is 0.130. The summed E-state index contributed by atoms with van der Waals surface area (Å²) in [5.41, 5.74) is 0.934. The third-order valence-corrected chi connectivity index (χ3v) is 4.67. The maximum absolute atomic E-state index is 11.9. The van der Waals surface area contributed by atoms with Gasteiger partial charge in [0, 0.05) is 0 Å². The third-order valence-electron chi connectivity index (χ3n) is 4.67. The first-order valence-corrected chi connectivity index (χ1v) is 8.74. The van der Waals surface area contributed by atoms with Crippen molar-refractivity contribution < 1.29 is 34.0 Å². The number of amides is 4. The molecule has 1 fully saturated rings. The highest BCUT2D eigenvalue weighted by Gasteiger charge is 2.43. The van der Waals surface area contributed by atoms with Gasteiger partial charge in [-0.15, -0.1) is 10.1 Å². The fraction of sp³-hybridized carbons (Fsp3) is 0.200. The Kier molecular flexibility index (Phi) is 4.50. The molecule has 3 aliphatic rings. The minimum Gasteiger partial charge on any atom is -0.367 e. The molecule has 4 amide bonds. The van der Waals surface area contributed by atoms with Gasteiger partial charge < -0.3 is 4.74 Å². The zero-order chi connectivity index (χ0) is 20.8. The summed E-state index contributed by atoms with van der Waals surface area (Å²) in [7, 11) is 0. The van der Waals surface area contributed by atoms with Crippen LogP contribution in [0.25, 0.3) is 0 Å². The van der Waals surface area contributed by atoms with Gasteiger partial charge in [-0.25, -0.2) is 0 Å². The zero-order valence-corrected chi connectivity index (χ0v) is 15.3. The van der Waals surface area contributed by atoms with Crippen molar-refractivity contribution in [3.05, 3.63) is 70.8 Å². The van der Waals surface area contributed by atoms with Crippen molar-refractivity contribution in [2.75, 3.05) is 13.2 Å². The van der Waals surface area contributed by atoms with E-state index in [-0.39, 0.29) is 28.4 Å². The number of rotatable bonds is 3. The number of benzene rings is 2. The van der Waals surface area contributed by atoms with Crippen LogP contribution in [0.3, 0.4) is 0 Å². The van der Waals surface area contributed by atoms with Gasteiger partial charge in [-0.2, -0.15) is 0 Å². The van der Waals surface area contributed by atoms with Gasteiger partial charge >= 0.3 is 0 Å². The largest absolute Gasteiger partial charge is 0.367 e. The molecular formula is C20H16N2O7. The molecule has 1 atom stereocenters. The summed E-state index contributed by atoms with van der Waals surface area (Å²) in [4.78, 5) is 51.1. The normalized spacial score (nSPS) is 21.7. The molecule has 0 bridgehead atoms. The highest BCUT2D eigenvalue weighted by molar-refractivity contribution is 6.21. The first-order chi connectivity index (χ1) is 13.8. The van der Waals surface area contributed by atoms with Gasteiger partial charge in [-0.05, 0) is 31.2 Å². The fourth-order valence-corrected chi connectivity index (χ4v) is 2.87. The van der Waals surface area contributed by atoms with Gasteiger partial charge in [0.25, 0.3) is 23.6 Å². The lowest BCUT2D eigenvalue weighted by molar-refractivity contribution is -0.104. The molecule has 29 heavy (non-hydrogen) atoms. The summed E-state index contributed by atoms with van der Waals surface area (Å²) < 4.78 is 5.13. The number of hydrogen-bond donors (Lipinski definition) is 1. The number of hydrogen-bond acceptors (Lipinski definition) is 7. The summed E-state index contributed by atoms with van der Waals surface area (Å²) in [6.45, 7) is 2.67. The number of epoxide rings is 1. The van der Waals surface area contributed by atoms with Crippen LogP contribution in [0.15, 0.2) is 48.5 Å². The molecule has 0 saturated carbocycles. The zero-order valence-electron chi connectivity index (χ0n) is 15.3. The van der Waals surface area contributed by atoms with Gasteiger partial charge in [0.2, 0.25) is 0 Å². The number of imide groups is 2. The molecule has 2 aromatic carbocycles. The maximum atomic E-state index is 11.9. The van der Waals surface area contributed by atoms with E-state index in [9.17, 15) is 19.2 Å². The van der Waals surface area contributed by atoms with Crippen molar-refractivity contribution >= 4 is 23.6 Å². The molecule has 2 aromatic rings. The first kappa shape index (κ1) is 18.9. The Bertz CT molecular complexity index is 975. The van der Waals surface area contributed by atoms with Crippen molar-refractivity contribution in [2.24, 2.45) is 0 Å². The van der Waals surface area contributed by atoms with Crippen molar-refractivity contribution in [3.63, 3.8) is 0 Å². The standard InChI is InChI=1S/C12H11NO4.C8H5NO3/c1-12(6-16-12)7-17-13-10(14)8-4-2-3-5-9(8)11(13)15;10-7-5-3-1-2-4-6(5)8(11)9(7)12/h2-5H,6-7H2,1H3;1-4,12H/t12-;/m0./s1. The Morgan fingerprint density at radius 1 is 0.862 bits per heavy atom. The highest BCUT2D eigenvalue weighted by Crippen LogP contribution is 2.28. The summed E-state index contributed by atoms with van der Waals surface area (Å²) in [6.07, 6.45) is 0. The minimum atomic E-state index is -0.657. The smallest absolute Gasteiger partial charge is 0.285 e. The van der Waals surface area contributed by atoms with E-state index in [0.29, 0.717) is 17.7 Å². The summed E-state index contributed by atoms with van der Waals surface area (Å²) >= 11 is 0.